The van der Waals surface area contributed by atoms with Gasteiger partial charge in [-0.05, 0) is 35.7 Å². The number of hydrogen-bond donors (Lipinski definition) is 3. The van der Waals surface area contributed by atoms with Crippen molar-refractivity contribution >= 4 is 28.2 Å². The smallest absolute Gasteiger partial charge is 0.305 e. The number of imidazole rings is 1. The predicted octanol–water partition coefficient (Wildman–Crippen LogP) is 6.80. The Hall–Kier alpha value is -4.80. The molecule has 0 bridgehead atoms. The van der Waals surface area contributed by atoms with E-state index in [0.29, 0.717) is 50.9 Å². The normalized spacial score (nSPS) is 12.0. The number of H-pyrrole nitrogens is 2. The lowest BCUT2D eigenvalue weighted by Gasteiger charge is -2.13. The Kier molecular flexibility index (Phi) is 7.32. The lowest BCUT2D eigenvalue weighted by molar-refractivity contribution is -0.140. The van der Waals surface area contributed by atoms with Crippen LogP contribution in [0.15, 0.2) is 84.6 Å². The Morgan fingerprint density at radius 1 is 1.12 bits per heavy atom. The molecule has 0 aliphatic rings. The van der Waals surface area contributed by atoms with Crippen molar-refractivity contribution in [2.24, 2.45) is 0 Å². The minimum atomic E-state index is -0.947. The first-order valence-electron chi connectivity index (χ1n) is 12.9. The van der Waals surface area contributed by atoms with Crippen LogP contribution in [-0.4, -0.2) is 38.1 Å². The molecule has 3 aromatic heterocycles. The number of aliphatic hydroxyl groups is 1. The summed E-state index contributed by atoms with van der Waals surface area (Å²) in [6.07, 6.45) is 4.83. The fraction of sp³-hybridized carbons (Fsp3) is 0.129. The van der Waals surface area contributed by atoms with Crippen LogP contribution in [0.25, 0.3) is 32.9 Å². The van der Waals surface area contributed by atoms with Gasteiger partial charge < -0.3 is 24.5 Å². The highest BCUT2D eigenvalue weighted by Gasteiger charge is 2.21. The third-order valence-electron chi connectivity index (χ3n) is 6.74. The standard InChI is InChI=1S/C31H25FN4O4S/c1-39-26(37)9-8-18-4-2-5-19(14-18)28(38)25-17-35-30(36-25)20-6-3-7-21(15-20)40-29-23(32)16-24-22(10-11-33-24)27(29)31-34-12-13-41-31/h2-7,10-17,28,33,38H,8-9H2,1H3,(H,35,36). The van der Waals surface area contributed by atoms with Gasteiger partial charge in [-0.1, -0.05) is 36.4 Å². The van der Waals surface area contributed by atoms with Gasteiger partial charge in [0, 0.05) is 46.7 Å². The van der Waals surface area contributed by atoms with E-state index in [-0.39, 0.29) is 18.1 Å². The Morgan fingerprint density at radius 3 is 2.83 bits per heavy atom. The Labute approximate surface area is 238 Å². The zero-order chi connectivity index (χ0) is 28.3. The Balaban J connectivity index is 1.26. The highest BCUT2D eigenvalue weighted by molar-refractivity contribution is 7.13. The van der Waals surface area contributed by atoms with Gasteiger partial charge in [0.1, 0.15) is 22.7 Å². The maximum Gasteiger partial charge on any atom is 0.305 e. The molecular weight excluding hydrogens is 543 g/mol. The van der Waals surface area contributed by atoms with Crippen LogP contribution >= 0.6 is 11.3 Å². The maximum atomic E-state index is 15.3. The molecule has 0 saturated carbocycles. The molecule has 1 unspecified atom stereocenters. The number of fused-ring (bicyclic) bond motifs is 1. The number of ether oxygens (including phenoxy) is 2. The monoisotopic (exact) mass is 568 g/mol. The molecule has 0 radical (unpaired) electrons. The number of halogens is 1. The number of carbonyl (C=O) groups is 1. The van der Waals surface area contributed by atoms with Crippen molar-refractivity contribution < 1.29 is 23.8 Å². The minimum absolute atomic E-state index is 0.0897. The summed E-state index contributed by atoms with van der Waals surface area (Å²) in [7, 11) is 1.36. The van der Waals surface area contributed by atoms with E-state index in [9.17, 15) is 9.90 Å². The number of carbonyl (C=O) groups excluding carboxylic acids is 1. The van der Waals surface area contributed by atoms with Gasteiger partial charge in [0.15, 0.2) is 11.6 Å². The van der Waals surface area contributed by atoms with Gasteiger partial charge in [-0.25, -0.2) is 14.4 Å². The van der Waals surface area contributed by atoms with E-state index in [2.05, 4.69) is 19.9 Å². The van der Waals surface area contributed by atoms with Crippen molar-refractivity contribution in [1.29, 1.82) is 0 Å². The molecule has 0 spiro atoms. The average molecular weight is 569 g/mol. The van der Waals surface area contributed by atoms with E-state index in [0.717, 1.165) is 10.9 Å². The molecule has 3 N–H and O–H groups in total. The Bertz CT molecular complexity index is 1830. The van der Waals surface area contributed by atoms with Crippen LogP contribution in [0.5, 0.6) is 11.5 Å². The number of nitrogens with one attached hydrogen (secondary N) is 2. The summed E-state index contributed by atoms with van der Waals surface area (Å²) in [4.78, 5) is 26.6. The lowest BCUT2D eigenvalue weighted by atomic mass is 10.0. The SMILES string of the molecule is COC(=O)CCc1cccc(C(O)c2cnc(-c3cccc(Oc4c(F)cc5[nH]ccc5c4-c4nccs4)c3)[nH]2)c1. The van der Waals surface area contributed by atoms with Crippen molar-refractivity contribution in [3.63, 3.8) is 0 Å². The molecule has 3 aromatic carbocycles. The first-order valence-corrected chi connectivity index (χ1v) is 13.7. The topological polar surface area (TPSA) is 113 Å². The largest absolute Gasteiger partial charge is 0.469 e. The number of aromatic nitrogens is 4. The molecule has 1 atom stereocenters. The number of benzene rings is 3. The number of methoxy groups -OCH3 is 1. The predicted molar refractivity (Wildman–Crippen MR) is 154 cm³/mol. The van der Waals surface area contributed by atoms with E-state index in [1.165, 1.54) is 24.5 Å². The van der Waals surface area contributed by atoms with E-state index in [1.807, 2.05) is 41.8 Å². The summed E-state index contributed by atoms with van der Waals surface area (Å²) in [6, 6.07) is 17.9. The van der Waals surface area contributed by atoms with Crippen molar-refractivity contribution in [3.8, 4) is 33.5 Å². The number of aryl methyl sites for hydroxylation is 1. The summed E-state index contributed by atoms with van der Waals surface area (Å²) in [5.41, 5.74) is 4.03. The highest BCUT2D eigenvalue weighted by Crippen LogP contribution is 2.42. The number of aromatic amines is 2. The van der Waals surface area contributed by atoms with Crippen LogP contribution in [0.1, 0.15) is 29.3 Å². The quantitative estimate of drug-likeness (QED) is 0.165. The second kappa shape index (κ2) is 11.4. The zero-order valence-corrected chi connectivity index (χ0v) is 22.7. The van der Waals surface area contributed by atoms with Gasteiger partial charge in [-0.2, -0.15) is 0 Å². The van der Waals surface area contributed by atoms with Crippen molar-refractivity contribution in [1.82, 2.24) is 19.9 Å². The summed E-state index contributed by atoms with van der Waals surface area (Å²) in [5, 5.41) is 14.3. The van der Waals surface area contributed by atoms with E-state index >= 15 is 4.39 Å². The number of esters is 1. The zero-order valence-electron chi connectivity index (χ0n) is 21.9. The number of rotatable bonds is 9. The molecule has 0 aliphatic heterocycles. The molecule has 3 heterocycles. The van der Waals surface area contributed by atoms with Crippen LogP contribution < -0.4 is 4.74 Å². The molecule has 41 heavy (non-hydrogen) atoms. The summed E-state index contributed by atoms with van der Waals surface area (Å²) in [6.45, 7) is 0. The van der Waals surface area contributed by atoms with Crippen LogP contribution in [0.2, 0.25) is 0 Å². The van der Waals surface area contributed by atoms with Crippen LogP contribution in [-0.2, 0) is 16.0 Å². The maximum absolute atomic E-state index is 15.3. The fourth-order valence-electron chi connectivity index (χ4n) is 4.71. The van der Waals surface area contributed by atoms with Gasteiger partial charge in [-0.15, -0.1) is 11.3 Å². The average Bonchev–Trinajstić information content (AvgIpc) is 3.79. The number of hydrogen-bond acceptors (Lipinski definition) is 7. The summed E-state index contributed by atoms with van der Waals surface area (Å²) < 4.78 is 26.2. The molecule has 6 rings (SSSR count). The Morgan fingerprint density at radius 2 is 2.00 bits per heavy atom. The summed E-state index contributed by atoms with van der Waals surface area (Å²) in [5.74, 6) is 0.242. The number of thiazole rings is 1. The minimum Gasteiger partial charge on any atom is -0.469 e. The van der Waals surface area contributed by atoms with Gasteiger partial charge >= 0.3 is 5.97 Å². The molecule has 0 fully saturated rings. The van der Waals surface area contributed by atoms with Crippen molar-refractivity contribution in [2.45, 2.75) is 18.9 Å². The molecule has 8 nitrogen and oxygen atoms in total. The number of aliphatic hydroxyl groups excluding tert-OH is 1. The van der Waals surface area contributed by atoms with Gasteiger partial charge in [-0.3, -0.25) is 4.79 Å². The third kappa shape index (κ3) is 5.47. The van der Waals surface area contributed by atoms with Crippen molar-refractivity contribution in [2.75, 3.05) is 7.11 Å². The molecule has 0 aliphatic carbocycles. The molecule has 6 aromatic rings. The van der Waals surface area contributed by atoms with E-state index in [1.54, 1.807) is 36.8 Å². The van der Waals surface area contributed by atoms with E-state index < -0.39 is 11.9 Å². The van der Waals surface area contributed by atoms with E-state index in [4.69, 9.17) is 9.47 Å². The van der Waals surface area contributed by atoms with Gasteiger partial charge in [0.05, 0.1) is 24.6 Å². The first-order chi connectivity index (χ1) is 20.0. The second-order valence-electron chi connectivity index (χ2n) is 9.38. The molecular formula is C31H25FN4O4S. The lowest BCUT2D eigenvalue weighted by Crippen LogP contribution is -2.04. The number of nitrogens with zero attached hydrogens (tertiary/aromatic N) is 2. The van der Waals surface area contributed by atoms with Gasteiger partial charge in [0.25, 0.3) is 0 Å². The van der Waals surface area contributed by atoms with Crippen molar-refractivity contribution in [3.05, 3.63) is 107 Å². The second-order valence-corrected chi connectivity index (χ2v) is 10.3. The first kappa shape index (κ1) is 26.4. The van der Waals surface area contributed by atoms with Crippen LogP contribution in [0.3, 0.4) is 0 Å². The molecule has 206 valence electrons. The highest BCUT2D eigenvalue weighted by atomic mass is 32.1. The van der Waals surface area contributed by atoms with Gasteiger partial charge in [0.2, 0.25) is 0 Å². The van der Waals surface area contributed by atoms with Crippen LogP contribution in [0.4, 0.5) is 4.39 Å². The molecule has 0 amide bonds. The molecule has 0 saturated heterocycles. The molecule has 10 heteroatoms. The summed E-state index contributed by atoms with van der Waals surface area (Å²) >= 11 is 1.41. The van der Waals surface area contributed by atoms with Crippen LogP contribution in [0, 0.1) is 5.82 Å². The third-order valence-corrected chi connectivity index (χ3v) is 7.53. The fourth-order valence-corrected chi connectivity index (χ4v) is 5.40.